The van der Waals surface area contributed by atoms with E-state index in [1.807, 2.05) is 0 Å². The number of ether oxygens (including phenoxy) is 1. The van der Waals surface area contributed by atoms with Crippen LogP contribution < -0.4 is 10.6 Å². The molecule has 1 aliphatic heterocycles. The lowest BCUT2D eigenvalue weighted by Crippen LogP contribution is -2.59. The average molecular weight is 438 g/mol. The van der Waals surface area contributed by atoms with E-state index in [1.165, 1.54) is 4.90 Å². The quantitative estimate of drug-likeness (QED) is 0.549. The first kappa shape index (κ1) is 21.6. The number of benzene rings is 1. The number of alkyl halides is 2. The first-order valence-corrected chi connectivity index (χ1v) is 9.48. The number of nitrogens with one attached hydrogen (secondary N) is 2. The Hall–Kier alpha value is -2.07. The second-order valence-corrected chi connectivity index (χ2v) is 7.48. The summed E-state index contributed by atoms with van der Waals surface area (Å²) in [6, 6.07) is -0.161. The zero-order valence-electron chi connectivity index (χ0n) is 15.4. The van der Waals surface area contributed by atoms with E-state index in [9.17, 15) is 27.2 Å². The van der Waals surface area contributed by atoms with Gasteiger partial charge in [0.1, 0.15) is 22.7 Å². The number of hydrogen-bond acceptors (Lipinski definition) is 3. The Morgan fingerprint density at radius 2 is 2.03 bits per heavy atom. The first-order chi connectivity index (χ1) is 13.7. The molecule has 2 N–H and O–H groups in total. The number of amides is 3. The lowest BCUT2D eigenvalue weighted by molar-refractivity contribution is -0.193. The van der Waals surface area contributed by atoms with Crippen LogP contribution in [0, 0.1) is 17.6 Å². The molecule has 0 spiro atoms. The van der Waals surface area contributed by atoms with Crippen LogP contribution in [0.15, 0.2) is 12.1 Å². The molecule has 1 aromatic carbocycles. The summed E-state index contributed by atoms with van der Waals surface area (Å²) in [7, 11) is 0. The molecule has 1 saturated carbocycles. The van der Waals surface area contributed by atoms with Crippen molar-refractivity contribution >= 4 is 23.5 Å². The largest absolute Gasteiger partial charge is 0.353 e. The molecule has 11 heteroatoms. The van der Waals surface area contributed by atoms with E-state index in [1.54, 1.807) is 6.92 Å². The molecule has 2 aliphatic rings. The summed E-state index contributed by atoms with van der Waals surface area (Å²) in [5, 5.41) is 4.57. The maximum Gasteiger partial charge on any atom is 0.345 e. The van der Waals surface area contributed by atoms with Crippen molar-refractivity contribution in [1.82, 2.24) is 15.5 Å². The van der Waals surface area contributed by atoms with Gasteiger partial charge in [-0.05, 0) is 31.7 Å². The highest BCUT2D eigenvalue weighted by Gasteiger charge is 2.41. The summed E-state index contributed by atoms with van der Waals surface area (Å²) < 4.78 is 57.4. The van der Waals surface area contributed by atoms with Gasteiger partial charge < -0.3 is 20.3 Å². The Morgan fingerprint density at radius 3 is 2.69 bits per heavy atom. The third-order valence-corrected chi connectivity index (χ3v) is 5.68. The Bertz CT molecular complexity index is 792. The predicted octanol–water partition coefficient (Wildman–Crippen LogP) is 3.21. The number of nitrogens with zero attached hydrogens (tertiary/aromatic N) is 1. The second kappa shape index (κ2) is 8.74. The lowest BCUT2D eigenvalue weighted by atomic mass is 9.74. The highest BCUT2D eigenvalue weighted by molar-refractivity contribution is 6.31. The average Bonchev–Trinajstić information content (AvgIpc) is 2.63. The van der Waals surface area contributed by atoms with Gasteiger partial charge in [-0.2, -0.15) is 8.78 Å². The molecule has 1 saturated heterocycles. The van der Waals surface area contributed by atoms with E-state index < -0.39 is 53.4 Å². The van der Waals surface area contributed by atoms with Crippen LogP contribution in [-0.4, -0.2) is 48.7 Å². The van der Waals surface area contributed by atoms with Gasteiger partial charge in [-0.25, -0.2) is 13.6 Å². The molecule has 0 bridgehead atoms. The van der Waals surface area contributed by atoms with E-state index in [0.29, 0.717) is 0 Å². The molecule has 1 aromatic rings. The summed E-state index contributed by atoms with van der Waals surface area (Å²) in [4.78, 5) is 25.9. The van der Waals surface area contributed by atoms with Crippen LogP contribution in [0.2, 0.25) is 5.02 Å². The fourth-order valence-corrected chi connectivity index (χ4v) is 3.81. The number of halogens is 5. The zero-order chi connectivity index (χ0) is 21.3. The molecule has 160 valence electrons. The minimum absolute atomic E-state index is 0.0561. The van der Waals surface area contributed by atoms with Crippen LogP contribution in [-0.2, 0) is 9.53 Å². The maximum atomic E-state index is 14.6. The van der Waals surface area contributed by atoms with E-state index >= 15 is 0 Å². The van der Waals surface area contributed by atoms with Crippen molar-refractivity contribution in [3.05, 3.63) is 34.4 Å². The normalized spacial score (nSPS) is 25.4. The summed E-state index contributed by atoms with van der Waals surface area (Å²) >= 11 is 5.67. The Kier molecular flexibility index (Phi) is 6.52. The number of rotatable bonds is 5. The van der Waals surface area contributed by atoms with Crippen molar-refractivity contribution < 1.29 is 31.9 Å². The van der Waals surface area contributed by atoms with Gasteiger partial charge in [0, 0.05) is 18.7 Å². The van der Waals surface area contributed by atoms with Crippen molar-refractivity contribution in [2.24, 2.45) is 5.92 Å². The molecule has 3 rings (SSSR count). The van der Waals surface area contributed by atoms with Crippen molar-refractivity contribution in [3.63, 3.8) is 0 Å². The number of carbonyl (C=O) groups excluding carboxylic acids is 2. The molecule has 1 aliphatic carbocycles. The predicted molar refractivity (Wildman–Crippen MR) is 95.4 cm³/mol. The number of piperazine rings is 1. The summed E-state index contributed by atoms with van der Waals surface area (Å²) in [5.74, 6) is -2.73. The smallest absolute Gasteiger partial charge is 0.345 e. The van der Waals surface area contributed by atoms with Gasteiger partial charge >= 0.3 is 12.6 Å². The third kappa shape index (κ3) is 4.58. The van der Waals surface area contributed by atoms with Crippen molar-refractivity contribution in [3.8, 4) is 0 Å². The SMILES string of the molecule is C[C@@H]1C(=O)NCCN1C(=O)NC(c1ccc(F)c(Cl)c1F)[C@H]1C[C@@H](OC(F)F)C1. The van der Waals surface area contributed by atoms with E-state index in [2.05, 4.69) is 15.4 Å². The van der Waals surface area contributed by atoms with Crippen LogP contribution in [0.1, 0.15) is 31.4 Å². The molecular weight excluding hydrogens is 418 g/mol. The maximum absolute atomic E-state index is 14.6. The van der Waals surface area contributed by atoms with E-state index in [-0.39, 0.29) is 37.4 Å². The van der Waals surface area contributed by atoms with Gasteiger partial charge in [0.05, 0.1) is 12.1 Å². The highest BCUT2D eigenvalue weighted by Crippen LogP contribution is 2.42. The Morgan fingerprint density at radius 1 is 1.34 bits per heavy atom. The fraction of sp³-hybridized carbons (Fsp3) is 0.556. The van der Waals surface area contributed by atoms with Crippen molar-refractivity contribution in [2.75, 3.05) is 13.1 Å². The molecule has 0 radical (unpaired) electrons. The minimum atomic E-state index is -2.93. The molecule has 2 atom stereocenters. The van der Waals surface area contributed by atoms with Gasteiger partial charge in [0.15, 0.2) is 0 Å². The van der Waals surface area contributed by atoms with Gasteiger partial charge in [-0.15, -0.1) is 0 Å². The van der Waals surface area contributed by atoms with Crippen LogP contribution in [0.4, 0.5) is 22.4 Å². The number of carbonyl (C=O) groups is 2. The topological polar surface area (TPSA) is 70.7 Å². The second-order valence-electron chi connectivity index (χ2n) is 7.10. The molecule has 1 unspecified atom stereocenters. The zero-order valence-corrected chi connectivity index (χ0v) is 16.2. The molecule has 0 aromatic heterocycles. The summed E-state index contributed by atoms with van der Waals surface area (Å²) in [6.45, 7) is -0.862. The number of hydrogen-bond donors (Lipinski definition) is 2. The molecule has 1 heterocycles. The Balaban J connectivity index is 1.81. The highest BCUT2D eigenvalue weighted by atomic mass is 35.5. The summed E-state index contributed by atoms with van der Waals surface area (Å²) in [5.41, 5.74) is -0.0561. The molecule has 6 nitrogen and oxygen atoms in total. The van der Waals surface area contributed by atoms with Gasteiger partial charge in [0.2, 0.25) is 5.91 Å². The third-order valence-electron chi connectivity index (χ3n) is 5.34. The molecule has 2 fully saturated rings. The number of urea groups is 1. The summed E-state index contributed by atoms with van der Waals surface area (Å²) in [6.07, 6.45) is -0.419. The van der Waals surface area contributed by atoms with Crippen LogP contribution in [0.5, 0.6) is 0 Å². The van der Waals surface area contributed by atoms with E-state index in [4.69, 9.17) is 11.6 Å². The van der Waals surface area contributed by atoms with Gasteiger partial charge in [-0.3, -0.25) is 4.79 Å². The minimum Gasteiger partial charge on any atom is -0.353 e. The molecule has 3 amide bonds. The van der Waals surface area contributed by atoms with Gasteiger partial charge in [-0.1, -0.05) is 17.7 Å². The van der Waals surface area contributed by atoms with Crippen molar-refractivity contribution in [1.29, 1.82) is 0 Å². The van der Waals surface area contributed by atoms with Crippen LogP contribution in [0.3, 0.4) is 0 Å². The standard InChI is InChI=1S/C18H20ClF4N3O3/c1-8-16(27)24-4-5-26(8)18(28)25-15(9-6-10(7-9)29-17(22)23)11-2-3-12(20)13(19)14(11)21/h2-3,8-10,15,17H,4-7H2,1H3,(H,24,27)(H,25,28)/t8-,9-,10+,15?/m1/s1. The Labute approximate surface area is 169 Å². The van der Waals surface area contributed by atoms with Crippen LogP contribution >= 0.6 is 11.6 Å². The monoisotopic (exact) mass is 437 g/mol. The van der Waals surface area contributed by atoms with Gasteiger partial charge in [0.25, 0.3) is 0 Å². The van der Waals surface area contributed by atoms with E-state index in [0.717, 1.165) is 12.1 Å². The molecule has 29 heavy (non-hydrogen) atoms. The first-order valence-electron chi connectivity index (χ1n) is 9.11. The lowest BCUT2D eigenvalue weighted by Gasteiger charge is -2.42. The molecular formula is C18H20ClF4N3O3. The van der Waals surface area contributed by atoms with Crippen LogP contribution in [0.25, 0.3) is 0 Å². The van der Waals surface area contributed by atoms with Crippen molar-refractivity contribution in [2.45, 2.75) is 44.6 Å². The fourth-order valence-electron chi connectivity index (χ4n) is 3.64.